The molecule has 0 amide bonds. The van der Waals surface area contributed by atoms with Gasteiger partial charge in [-0.2, -0.15) is 0 Å². The van der Waals surface area contributed by atoms with Crippen LogP contribution in [0.1, 0.15) is 50.2 Å². The molecule has 1 aliphatic heterocycles. The summed E-state index contributed by atoms with van der Waals surface area (Å²) in [6.45, 7) is 5.46. The minimum Gasteiger partial charge on any atom is -0.472 e. The van der Waals surface area contributed by atoms with Crippen LogP contribution in [0.5, 0.6) is 11.5 Å². The molecule has 3 nitrogen and oxygen atoms in total. The first kappa shape index (κ1) is 17.9. The first-order valence-electron chi connectivity index (χ1n) is 9.96. The molecule has 1 aromatic heterocycles. The van der Waals surface area contributed by atoms with Crippen LogP contribution in [0.15, 0.2) is 65.5 Å². The van der Waals surface area contributed by atoms with Crippen LogP contribution in [0.25, 0.3) is 11.1 Å². The smallest absolute Gasteiger partial charge is 0.131 e. The van der Waals surface area contributed by atoms with Gasteiger partial charge in [-0.15, -0.1) is 0 Å². The molecule has 0 saturated heterocycles. The quantitative estimate of drug-likeness (QED) is 0.532. The van der Waals surface area contributed by atoms with Crippen LogP contribution in [0, 0.1) is 0 Å². The van der Waals surface area contributed by atoms with Crippen LogP contribution in [-0.4, -0.2) is 12.6 Å². The molecule has 0 radical (unpaired) electrons. The van der Waals surface area contributed by atoms with E-state index in [1.54, 1.807) is 12.5 Å². The normalized spacial score (nSPS) is 16.3. The molecule has 3 heteroatoms. The Morgan fingerprint density at radius 3 is 2.59 bits per heavy atom. The van der Waals surface area contributed by atoms with E-state index in [2.05, 4.69) is 55.6 Å². The third kappa shape index (κ3) is 3.65. The zero-order valence-corrected chi connectivity index (χ0v) is 16.1. The van der Waals surface area contributed by atoms with Crippen LogP contribution in [0.2, 0.25) is 0 Å². The second-order valence-corrected chi connectivity index (χ2v) is 7.20. The molecule has 2 heterocycles. The zero-order chi connectivity index (χ0) is 18.6. The Hall–Kier alpha value is -2.52. The summed E-state index contributed by atoms with van der Waals surface area (Å²) in [5.74, 6) is 2.32. The number of hydrogen-bond acceptors (Lipinski definition) is 3. The third-order valence-corrected chi connectivity index (χ3v) is 5.55. The average Bonchev–Trinajstić information content (AvgIpc) is 3.24. The Morgan fingerprint density at radius 2 is 1.81 bits per heavy atom. The van der Waals surface area contributed by atoms with Crippen molar-refractivity contribution in [2.45, 2.75) is 45.1 Å². The van der Waals surface area contributed by atoms with Crippen LogP contribution in [0.3, 0.4) is 0 Å². The van der Waals surface area contributed by atoms with Crippen LogP contribution >= 0.6 is 0 Å². The fourth-order valence-electron chi connectivity index (χ4n) is 4.08. The summed E-state index contributed by atoms with van der Waals surface area (Å²) < 4.78 is 11.5. The fourth-order valence-corrected chi connectivity index (χ4v) is 4.08. The molecule has 3 aromatic rings. The Balaban J connectivity index is 1.66. The van der Waals surface area contributed by atoms with Gasteiger partial charge in [-0.25, -0.2) is 0 Å². The van der Waals surface area contributed by atoms with Gasteiger partial charge in [0.2, 0.25) is 0 Å². The maximum Gasteiger partial charge on any atom is 0.131 e. The average molecular weight is 361 g/mol. The van der Waals surface area contributed by atoms with Gasteiger partial charge in [0.05, 0.1) is 12.5 Å². The predicted molar refractivity (Wildman–Crippen MR) is 109 cm³/mol. The van der Waals surface area contributed by atoms with Crippen LogP contribution < -0.4 is 10.1 Å². The molecule has 1 N–H and O–H groups in total. The zero-order valence-electron chi connectivity index (χ0n) is 16.1. The summed E-state index contributed by atoms with van der Waals surface area (Å²) in [6, 6.07) is 17.6. The van der Waals surface area contributed by atoms with Gasteiger partial charge in [-0.1, -0.05) is 44.2 Å². The van der Waals surface area contributed by atoms with Crippen molar-refractivity contribution in [2.75, 3.05) is 6.54 Å². The first-order chi connectivity index (χ1) is 13.3. The second-order valence-electron chi connectivity index (χ2n) is 7.20. The lowest BCUT2D eigenvalue weighted by molar-refractivity contribution is 0.417. The highest BCUT2D eigenvalue weighted by molar-refractivity contribution is 5.67. The van der Waals surface area contributed by atoms with Gasteiger partial charge in [-0.3, -0.25) is 0 Å². The third-order valence-electron chi connectivity index (χ3n) is 5.55. The molecule has 0 aliphatic carbocycles. The number of hydrogen-bond donors (Lipinski definition) is 1. The van der Waals surface area contributed by atoms with Gasteiger partial charge in [0.25, 0.3) is 0 Å². The number of benzene rings is 2. The van der Waals surface area contributed by atoms with E-state index in [0.29, 0.717) is 12.0 Å². The Labute approximate surface area is 161 Å². The highest BCUT2D eigenvalue weighted by Crippen LogP contribution is 2.47. The number of nitrogens with one attached hydrogen (secondary N) is 1. The van der Waals surface area contributed by atoms with Gasteiger partial charge in [0.15, 0.2) is 0 Å². The van der Waals surface area contributed by atoms with Crippen molar-refractivity contribution in [3.63, 3.8) is 0 Å². The molecular formula is C24H27NO2. The topological polar surface area (TPSA) is 34.4 Å². The van der Waals surface area contributed by atoms with Crippen LogP contribution in [-0.2, 0) is 0 Å². The molecule has 1 aliphatic rings. The molecule has 0 spiro atoms. The summed E-state index contributed by atoms with van der Waals surface area (Å²) in [5, 5.41) is 3.61. The Bertz CT molecular complexity index is 885. The van der Waals surface area contributed by atoms with E-state index in [9.17, 15) is 0 Å². The number of furan rings is 1. The monoisotopic (exact) mass is 361 g/mol. The number of fused-ring (bicyclic) bond motifs is 2. The second kappa shape index (κ2) is 8.01. The molecule has 0 saturated carbocycles. The van der Waals surface area contributed by atoms with Crippen molar-refractivity contribution in [3.8, 4) is 22.6 Å². The maximum absolute atomic E-state index is 6.28. The predicted octanol–water partition coefficient (Wildman–Crippen LogP) is 6.35. The van der Waals surface area contributed by atoms with Gasteiger partial charge < -0.3 is 14.5 Å². The summed E-state index contributed by atoms with van der Waals surface area (Å²) in [7, 11) is 0. The minimum atomic E-state index is 0.371. The highest BCUT2D eigenvalue weighted by Gasteiger charge is 2.27. The molecule has 4 rings (SSSR count). The summed E-state index contributed by atoms with van der Waals surface area (Å²) >= 11 is 0. The SMILES string of the molecule is CCNC(CC)CCC1c2ccccc2Oc2cc(-c3ccoc3)ccc21. The van der Waals surface area contributed by atoms with E-state index in [-0.39, 0.29) is 0 Å². The first-order valence-corrected chi connectivity index (χ1v) is 9.96. The number of rotatable bonds is 7. The largest absolute Gasteiger partial charge is 0.472 e. The van der Waals surface area contributed by atoms with Gasteiger partial charge in [0, 0.05) is 28.7 Å². The van der Waals surface area contributed by atoms with Crippen molar-refractivity contribution in [3.05, 3.63) is 72.2 Å². The van der Waals surface area contributed by atoms with E-state index in [1.165, 1.54) is 11.1 Å². The van der Waals surface area contributed by atoms with Crippen LogP contribution in [0.4, 0.5) is 0 Å². The number of ether oxygens (including phenoxy) is 1. The lowest BCUT2D eigenvalue weighted by atomic mass is 9.83. The van der Waals surface area contributed by atoms with E-state index in [1.807, 2.05) is 12.1 Å². The summed E-state index contributed by atoms with van der Waals surface area (Å²) in [5.41, 5.74) is 4.79. The van der Waals surface area contributed by atoms with E-state index < -0.39 is 0 Å². The van der Waals surface area contributed by atoms with E-state index in [4.69, 9.17) is 9.15 Å². The lowest BCUT2D eigenvalue weighted by Crippen LogP contribution is -2.28. The van der Waals surface area contributed by atoms with Crippen molar-refractivity contribution >= 4 is 0 Å². The Kier molecular flexibility index (Phi) is 5.30. The Morgan fingerprint density at radius 1 is 0.963 bits per heavy atom. The highest BCUT2D eigenvalue weighted by atomic mass is 16.5. The molecule has 27 heavy (non-hydrogen) atoms. The molecule has 0 fully saturated rings. The number of para-hydroxylation sites is 1. The molecular weight excluding hydrogens is 334 g/mol. The van der Waals surface area contributed by atoms with Crippen molar-refractivity contribution in [1.82, 2.24) is 5.32 Å². The fraction of sp³-hybridized carbons (Fsp3) is 0.333. The van der Waals surface area contributed by atoms with E-state index >= 15 is 0 Å². The van der Waals surface area contributed by atoms with Gasteiger partial charge >= 0.3 is 0 Å². The summed E-state index contributed by atoms with van der Waals surface area (Å²) in [4.78, 5) is 0. The van der Waals surface area contributed by atoms with Crippen molar-refractivity contribution in [2.24, 2.45) is 0 Å². The molecule has 140 valence electrons. The van der Waals surface area contributed by atoms with Gasteiger partial charge in [-0.05, 0) is 49.6 Å². The minimum absolute atomic E-state index is 0.371. The summed E-state index contributed by atoms with van der Waals surface area (Å²) in [6.07, 6.45) is 6.92. The van der Waals surface area contributed by atoms with Crippen molar-refractivity contribution < 1.29 is 9.15 Å². The lowest BCUT2D eigenvalue weighted by Gasteiger charge is -2.30. The molecule has 2 unspecified atom stereocenters. The standard InChI is InChI=1S/C24H27NO2/c1-3-19(25-4-2)10-12-20-21-7-5-6-8-23(21)27-24-15-17(9-11-22(20)24)18-13-14-26-16-18/h5-9,11,13-16,19-20,25H,3-4,10,12H2,1-2H3. The molecule has 2 atom stereocenters. The molecule has 0 bridgehead atoms. The van der Waals surface area contributed by atoms with Crippen molar-refractivity contribution in [1.29, 1.82) is 0 Å². The van der Waals surface area contributed by atoms with Gasteiger partial charge in [0.1, 0.15) is 11.5 Å². The maximum atomic E-state index is 6.28. The van der Waals surface area contributed by atoms with E-state index in [0.717, 1.165) is 48.4 Å². The molecule has 2 aromatic carbocycles.